The molecule has 0 spiro atoms. The minimum Gasteiger partial charge on any atom is -0.462 e. The predicted molar refractivity (Wildman–Crippen MR) is 158 cm³/mol. The van der Waals surface area contributed by atoms with Crippen molar-refractivity contribution in [3.05, 3.63) is 59.7 Å². The minimum atomic E-state index is -0.235. The van der Waals surface area contributed by atoms with Crippen molar-refractivity contribution in [2.24, 2.45) is 17.3 Å². The predicted octanol–water partition coefficient (Wildman–Crippen LogP) is 10.1. The molecule has 0 unspecified atom stereocenters. The van der Waals surface area contributed by atoms with E-state index in [1.807, 2.05) is 24.3 Å². The van der Waals surface area contributed by atoms with Gasteiger partial charge in [-0.3, -0.25) is 0 Å². The van der Waals surface area contributed by atoms with Crippen molar-refractivity contribution in [3.8, 4) is 17.2 Å². The summed E-state index contributed by atoms with van der Waals surface area (Å²) in [6, 6.07) is 19.3. The van der Waals surface area contributed by atoms with Crippen LogP contribution in [0.3, 0.4) is 0 Å². The van der Waals surface area contributed by atoms with E-state index in [0.29, 0.717) is 24.0 Å². The van der Waals surface area contributed by atoms with Crippen molar-refractivity contribution in [2.45, 2.75) is 111 Å². The maximum atomic E-state index is 12.5. The van der Waals surface area contributed by atoms with Gasteiger partial charge in [0.25, 0.3) is 0 Å². The van der Waals surface area contributed by atoms with Crippen molar-refractivity contribution in [1.82, 2.24) is 0 Å². The fourth-order valence-corrected chi connectivity index (χ4v) is 5.84. The first-order valence-corrected chi connectivity index (χ1v) is 15.1. The molecule has 1 aliphatic carbocycles. The molecule has 2 aromatic carbocycles. The van der Waals surface area contributed by atoms with Crippen LogP contribution < -0.4 is 0 Å². The Kier molecular flexibility index (Phi) is 11.9. The van der Waals surface area contributed by atoms with Crippen molar-refractivity contribution >= 4 is 5.97 Å². The molecule has 3 heteroatoms. The number of nitrogens with zero attached hydrogens (tertiary/aromatic N) is 1. The van der Waals surface area contributed by atoms with E-state index in [1.54, 1.807) is 0 Å². The third-order valence-electron chi connectivity index (χ3n) is 8.60. The quantitative estimate of drug-likeness (QED) is 0.186. The van der Waals surface area contributed by atoms with Gasteiger partial charge in [0.05, 0.1) is 23.7 Å². The Morgan fingerprint density at radius 1 is 0.921 bits per heavy atom. The zero-order valence-corrected chi connectivity index (χ0v) is 24.3. The summed E-state index contributed by atoms with van der Waals surface area (Å²) < 4.78 is 5.55. The second-order valence-electron chi connectivity index (χ2n) is 12.2. The van der Waals surface area contributed by atoms with Gasteiger partial charge in [-0.15, -0.1) is 0 Å². The van der Waals surface area contributed by atoms with Gasteiger partial charge in [0.1, 0.15) is 0 Å². The van der Waals surface area contributed by atoms with E-state index < -0.39 is 0 Å². The van der Waals surface area contributed by atoms with Crippen molar-refractivity contribution < 1.29 is 9.53 Å². The van der Waals surface area contributed by atoms with E-state index in [2.05, 4.69) is 58.0 Å². The van der Waals surface area contributed by atoms with Gasteiger partial charge < -0.3 is 4.74 Å². The molecule has 1 saturated carbocycles. The largest absolute Gasteiger partial charge is 0.462 e. The van der Waals surface area contributed by atoms with Crippen LogP contribution in [-0.4, -0.2) is 12.6 Å². The Morgan fingerprint density at radius 3 is 2.13 bits per heavy atom. The molecule has 0 saturated heterocycles. The number of esters is 1. The fraction of sp³-hybridized carbons (Fsp3) is 0.600. The number of carbonyl (C=O) groups is 1. The number of unbranched alkanes of at least 4 members (excludes halogenated alkanes) is 2. The number of benzene rings is 2. The summed E-state index contributed by atoms with van der Waals surface area (Å²) in [7, 11) is 0. The average Bonchev–Trinajstić information content (AvgIpc) is 2.93. The molecule has 0 amide bonds. The number of nitriles is 1. The molecule has 38 heavy (non-hydrogen) atoms. The highest BCUT2D eigenvalue weighted by Gasteiger charge is 2.35. The van der Waals surface area contributed by atoms with Gasteiger partial charge in [0, 0.05) is 0 Å². The van der Waals surface area contributed by atoms with E-state index in [4.69, 9.17) is 4.74 Å². The van der Waals surface area contributed by atoms with Gasteiger partial charge in [0.15, 0.2) is 0 Å². The molecule has 0 aromatic heterocycles. The van der Waals surface area contributed by atoms with Gasteiger partial charge in [-0.2, -0.15) is 5.26 Å². The molecule has 0 aliphatic heterocycles. The molecule has 1 fully saturated rings. The topological polar surface area (TPSA) is 50.1 Å². The van der Waals surface area contributed by atoms with Gasteiger partial charge in [-0.05, 0) is 85.1 Å². The smallest absolute Gasteiger partial charge is 0.338 e. The molecule has 2 aromatic rings. The lowest BCUT2D eigenvalue weighted by Crippen LogP contribution is -2.25. The molecule has 206 valence electrons. The third kappa shape index (κ3) is 9.00. The lowest BCUT2D eigenvalue weighted by molar-refractivity contribution is 0.0483. The third-order valence-corrected chi connectivity index (χ3v) is 8.60. The van der Waals surface area contributed by atoms with Gasteiger partial charge in [0.2, 0.25) is 0 Å². The Labute approximate surface area is 232 Å². The molecule has 0 heterocycles. The average molecular weight is 516 g/mol. The SMILES string of the molecule is CCCCCC1(C#N)CCC(c2ccc(-c3ccc(C(=O)OCC[C@H](C)CCCC(C)C)cc3)cc2)CC1. The molecule has 0 N–H and O–H groups in total. The number of hydrogen-bond donors (Lipinski definition) is 0. The van der Waals surface area contributed by atoms with Crippen molar-refractivity contribution in [3.63, 3.8) is 0 Å². The Balaban J connectivity index is 1.47. The molecular formula is C35H49NO2. The molecule has 1 aliphatic rings. The maximum absolute atomic E-state index is 12.5. The second kappa shape index (κ2) is 15.1. The van der Waals surface area contributed by atoms with Crippen LogP contribution in [0.1, 0.15) is 127 Å². The summed E-state index contributed by atoms with van der Waals surface area (Å²) in [5.41, 5.74) is 4.16. The number of hydrogen-bond acceptors (Lipinski definition) is 3. The van der Waals surface area contributed by atoms with Crippen LogP contribution in [0.2, 0.25) is 0 Å². The zero-order chi connectivity index (χ0) is 27.4. The first kappa shape index (κ1) is 29.9. The Bertz CT molecular complexity index is 1010. The summed E-state index contributed by atoms with van der Waals surface area (Å²) in [4.78, 5) is 12.5. The van der Waals surface area contributed by atoms with Crippen LogP contribution in [0.5, 0.6) is 0 Å². The molecule has 0 radical (unpaired) electrons. The summed E-state index contributed by atoms with van der Waals surface area (Å²) in [5.74, 6) is 1.65. The second-order valence-corrected chi connectivity index (χ2v) is 12.2. The van der Waals surface area contributed by atoms with E-state index in [1.165, 1.54) is 44.1 Å². The Hall–Kier alpha value is -2.60. The summed E-state index contributed by atoms with van der Waals surface area (Å²) in [5, 5.41) is 9.84. The van der Waals surface area contributed by atoms with E-state index >= 15 is 0 Å². The molecule has 0 bridgehead atoms. The highest BCUT2D eigenvalue weighted by molar-refractivity contribution is 5.90. The van der Waals surface area contributed by atoms with Gasteiger partial charge >= 0.3 is 5.97 Å². The highest BCUT2D eigenvalue weighted by atomic mass is 16.5. The van der Waals surface area contributed by atoms with Crippen LogP contribution in [0.15, 0.2) is 48.5 Å². The standard InChI is InChI=1S/C35H49NO2/c1-5-6-7-22-35(26-36)23-19-32(20-24-35)31-13-11-29(12-14-31)30-15-17-33(18-16-30)34(37)38-25-21-28(4)10-8-9-27(2)3/h11-18,27-28,32H,5-10,19-25H2,1-4H3/t28-,32?,35?/m1/s1. The minimum absolute atomic E-state index is 0.0970. The Morgan fingerprint density at radius 2 is 1.55 bits per heavy atom. The summed E-state index contributed by atoms with van der Waals surface area (Å²) in [6.45, 7) is 9.48. The lowest BCUT2D eigenvalue weighted by atomic mass is 9.67. The first-order chi connectivity index (χ1) is 18.4. The van der Waals surface area contributed by atoms with Crippen molar-refractivity contribution in [2.75, 3.05) is 6.61 Å². The van der Waals surface area contributed by atoms with Crippen LogP contribution in [0.4, 0.5) is 0 Å². The summed E-state index contributed by atoms with van der Waals surface area (Å²) >= 11 is 0. The molecule has 1 atom stereocenters. The molecule has 3 nitrogen and oxygen atoms in total. The van der Waals surface area contributed by atoms with Crippen LogP contribution in [0.25, 0.3) is 11.1 Å². The van der Waals surface area contributed by atoms with Crippen LogP contribution >= 0.6 is 0 Å². The number of carbonyl (C=O) groups excluding carboxylic acids is 1. The number of ether oxygens (including phenoxy) is 1. The number of rotatable bonds is 14. The summed E-state index contributed by atoms with van der Waals surface area (Å²) in [6.07, 6.45) is 13.6. The van der Waals surface area contributed by atoms with Gasteiger partial charge in [-0.1, -0.05) is 103 Å². The van der Waals surface area contributed by atoms with Crippen LogP contribution in [-0.2, 0) is 4.74 Å². The zero-order valence-electron chi connectivity index (χ0n) is 24.3. The van der Waals surface area contributed by atoms with Crippen LogP contribution in [0, 0.1) is 28.6 Å². The first-order valence-electron chi connectivity index (χ1n) is 15.1. The fourth-order valence-electron chi connectivity index (χ4n) is 5.84. The van der Waals surface area contributed by atoms with Gasteiger partial charge in [-0.25, -0.2) is 4.79 Å². The monoisotopic (exact) mass is 515 g/mol. The molecular weight excluding hydrogens is 466 g/mol. The molecule has 3 rings (SSSR count). The normalized spacial score (nSPS) is 20.2. The van der Waals surface area contributed by atoms with E-state index in [0.717, 1.165) is 55.6 Å². The lowest BCUT2D eigenvalue weighted by Gasteiger charge is -2.35. The van der Waals surface area contributed by atoms with E-state index in [9.17, 15) is 10.1 Å². The van der Waals surface area contributed by atoms with Crippen molar-refractivity contribution in [1.29, 1.82) is 5.26 Å². The maximum Gasteiger partial charge on any atom is 0.338 e. The highest BCUT2D eigenvalue weighted by Crippen LogP contribution is 2.45. The van der Waals surface area contributed by atoms with E-state index in [-0.39, 0.29) is 11.4 Å².